The van der Waals surface area contributed by atoms with Crippen molar-refractivity contribution in [3.05, 3.63) is 30.3 Å². The molecule has 1 fully saturated rings. The van der Waals surface area contributed by atoms with Crippen molar-refractivity contribution in [3.63, 3.8) is 0 Å². The summed E-state index contributed by atoms with van der Waals surface area (Å²) >= 11 is 0. The molecule has 0 aromatic heterocycles. The van der Waals surface area contributed by atoms with Crippen LogP contribution in [-0.4, -0.2) is 41.6 Å². The summed E-state index contributed by atoms with van der Waals surface area (Å²) in [5.74, 6) is -1.36. The van der Waals surface area contributed by atoms with Gasteiger partial charge in [-0.2, -0.15) is 5.26 Å². The lowest BCUT2D eigenvalue weighted by molar-refractivity contribution is -0.146. The van der Waals surface area contributed by atoms with Crippen molar-refractivity contribution >= 4 is 17.7 Å². The van der Waals surface area contributed by atoms with Crippen LogP contribution in [0.5, 0.6) is 0 Å². The van der Waals surface area contributed by atoms with Gasteiger partial charge in [-0.05, 0) is 12.1 Å². The van der Waals surface area contributed by atoms with Gasteiger partial charge in [-0.1, -0.05) is 18.2 Å². The first kappa shape index (κ1) is 13.9. The van der Waals surface area contributed by atoms with Crippen LogP contribution in [0.1, 0.15) is 6.42 Å². The van der Waals surface area contributed by atoms with Crippen molar-refractivity contribution < 1.29 is 14.7 Å². The monoisotopic (exact) mass is 273 g/mol. The highest BCUT2D eigenvalue weighted by atomic mass is 16.4. The highest BCUT2D eigenvalue weighted by Crippen LogP contribution is 2.22. The molecule has 1 aromatic rings. The maximum atomic E-state index is 12.3. The fraction of sp³-hybridized carbons (Fsp3) is 0.357. The summed E-state index contributed by atoms with van der Waals surface area (Å²) in [4.78, 5) is 26.1. The predicted octanol–water partition coefficient (Wildman–Crippen LogP) is 1.54. The van der Waals surface area contributed by atoms with Crippen molar-refractivity contribution in [1.29, 1.82) is 5.26 Å². The fourth-order valence-electron chi connectivity index (χ4n) is 2.07. The summed E-state index contributed by atoms with van der Waals surface area (Å²) in [6.45, 7) is 0.752. The summed E-state index contributed by atoms with van der Waals surface area (Å²) in [5.41, 5.74) is 0.714. The first-order chi connectivity index (χ1) is 9.63. The van der Waals surface area contributed by atoms with E-state index in [9.17, 15) is 9.59 Å². The van der Waals surface area contributed by atoms with Crippen LogP contribution >= 0.6 is 0 Å². The van der Waals surface area contributed by atoms with E-state index in [1.165, 1.54) is 9.80 Å². The topological polar surface area (TPSA) is 84.6 Å². The van der Waals surface area contributed by atoms with E-state index in [4.69, 9.17) is 10.4 Å². The Morgan fingerprint density at radius 2 is 2.00 bits per heavy atom. The quantitative estimate of drug-likeness (QED) is 0.901. The molecule has 0 saturated carbocycles. The molecule has 1 aromatic carbocycles. The zero-order chi connectivity index (χ0) is 14.5. The van der Waals surface area contributed by atoms with Gasteiger partial charge in [0.15, 0.2) is 0 Å². The van der Waals surface area contributed by atoms with Gasteiger partial charge in [0.1, 0.15) is 0 Å². The first-order valence-corrected chi connectivity index (χ1v) is 6.34. The normalized spacial score (nSPS) is 14.2. The van der Waals surface area contributed by atoms with Gasteiger partial charge in [-0.25, -0.2) is 4.79 Å². The standard InChI is InChI=1S/C14H15N3O3/c15-7-4-8-17(12-5-2-1-3-6-12)14(20)16-9-11(10-16)13(18)19/h1-3,5-6,11H,4,8-10H2,(H,18,19). The summed E-state index contributed by atoms with van der Waals surface area (Å²) in [6, 6.07) is 10.8. The summed E-state index contributed by atoms with van der Waals surface area (Å²) < 4.78 is 0. The van der Waals surface area contributed by atoms with E-state index in [1.807, 2.05) is 24.3 Å². The molecule has 0 aliphatic carbocycles. The summed E-state index contributed by atoms with van der Waals surface area (Å²) in [5, 5.41) is 17.5. The molecule has 6 nitrogen and oxygen atoms in total. The first-order valence-electron chi connectivity index (χ1n) is 6.34. The number of amides is 2. The number of hydrogen-bond acceptors (Lipinski definition) is 3. The molecule has 20 heavy (non-hydrogen) atoms. The number of likely N-dealkylation sites (tertiary alicyclic amines) is 1. The number of benzene rings is 1. The van der Waals surface area contributed by atoms with Crippen molar-refractivity contribution in [2.24, 2.45) is 5.92 Å². The third-order valence-electron chi connectivity index (χ3n) is 3.25. The number of carboxylic acids is 1. The summed E-state index contributed by atoms with van der Waals surface area (Å²) in [6.07, 6.45) is 0.233. The lowest BCUT2D eigenvalue weighted by atomic mass is 10.0. The van der Waals surface area contributed by atoms with Crippen LogP contribution in [-0.2, 0) is 4.79 Å². The smallest absolute Gasteiger partial charge is 0.324 e. The van der Waals surface area contributed by atoms with Crippen molar-refractivity contribution in [2.45, 2.75) is 6.42 Å². The number of carboxylic acid groups (broad SMARTS) is 1. The van der Waals surface area contributed by atoms with E-state index in [1.54, 1.807) is 12.1 Å². The molecule has 1 aliphatic rings. The van der Waals surface area contributed by atoms with Crippen LogP contribution in [0.25, 0.3) is 0 Å². The van der Waals surface area contributed by atoms with Crippen LogP contribution in [0.2, 0.25) is 0 Å². The number of carbonyl (C=O) groups excluding carboxylic acids is 1. The lowest BCUT2D eigenvalue weighted by Gasteiger charge is -2.39. The average Bonchev–Trinajstić information content (AvgIpc) is 2.38. The molecule has 0 bridgehead atoms. The Hall–Kier alpha value is -2.55. The molecule has 104 valence electrons. The van der Waals surface area contributed by atoms with E-state index in [0.29, 0.717) is 12.2 Å². The Labute approximate surface area is 116 Å². The number of carbonyl (C=O) groups is 2. The number of hydrogen-bond donors (Lipinski definition) is 1. The number of nitriles is 1. The SMILES string of the molecule is N#CCCN(C(=O)N1CC(C(=O)O)C1)c1ccccc1. The van der Waals surface area contributed by atoms with Crippen molar-refractivity contribution in [3.8, 4) is 6.07 Å². The molecule has 1 heterocycles. The molecule has 1 N–H and O–H groups in total. The van der Waals surface area contributed by atoms with Crippen LogP contribution in [0.4, 0.5) is 10.5 Å². The third-order valence-corrected chi connectivity index (χ3v) is 3.25. The van der Waals surface area contributed by atoms with Gasteiger partial charge in [-0.15, -0.1) is 0 Å². The molecule has 1 aliphatic heterocycles. The molecule has 0 atom stereocenters. The number of anilines is 1. The maximum absolute atomic E-state index is 12.3. The van der Waals surface area contributed by atoms with E-state index >= 15 is 0 Å². The number of rotatable bonds is 4. The predicted molar refractivity (Wildman–Crippen MR) is 72.1 cm³/mol. The molecule has 1 saturated heterocycles. The second kappa shape index (κ2) is 6.06. The Kier molecular flexibility index (Phi) is 4.20. The second-order valence-corrected chi connectivity index (χ2v) is 4.62. The van der Waals surface area contributed by atoms with Gasteiger partial charge in [-0.3, -0.25) is 9.69 Å². The Balaban J connectivity index is 2.06. The molecule has 0 radical (unpaired) electrons. The Bertz CT molecular complexity index is 532. The van der Waals surface area contributed by atoms with Gasteiger partial charge >= 0.3 is 12.0 Å². The Morgan fingerprint density at radius 3 is 2.55 bits per heavy atom. The highest BCUT2D eigenvalue weighted by molar-refractivity contribution is 5.93. The van der Waals surface area contributed by atoms with Crippen LogP contribution in [0, 0.1) is 17.2 Å². The highest BCUT2D eigenvalue weighted by Gasteiger charge is 2.37. The van der Waals surface area contributed by atoms with Crippen LogP contribution in [0.3, 0.4) is 0 Å². The zero-order valence-corrected chi connectivity index (χ0v) is 10.9. The number of para-hydroxylation sites is 1. The van der Waals surface area contributed by atoms with Gasteiger partial charge in [0.25, 0.3) is 0 Å². The van der Waals surface area contributed by atoms with E-state index in [2.05, 4.69) is 0 Å². The number of aliphatic carboxylic acids is 1. The minimum atomic E-state index is -0.877. The minimum Gasteiger partial charge on any atom is -0.481 e. The molecule has 6 heteroatoms. The van der Waals surface area contributed by atoms with Crippen molar-refractivity contribution in [2.75, 3.05) is 24.5 Å². The van der Waals surface area contributed by atoms with Crippen molar-refractivity contribution in [1.82, 2.24) is 4.90 Å². The number of urea groups is 1. The largest absolute Gasteiger partial charge is 0.481 e. The molecule has 2 rings (SSSR count). The van der Waals surface area contributed by atoms with E-state index in [0.717, 1.165) is 0 Å². The molecule has 2 amide bonds. The van der Waals surface area contributed by atoms with Gasteiger partial charge < -0.3 is 10.0 Å². The van der Waals surface area contributed by atoms with Gasteiger partial charge in [0, 0.05) is 25.3 Å². The van der Waals surface area contributed by atoms with Gasteiger partial charge in [0.2, 0.25) is 0 Å². The minimum absolute atomic E-state index is 0.226. The van der Waals surface area contributed by atoms with E-state index in [-0.39, 0.29) is 25.5 Å². The Morgan fingerprint density at radius 1 is 1.35 bits per heavy atom. The van der Waals surface area contributed by atoms with Crippen LogP contribution < -0.4 is 4.90 Å². The molecular weight excluding hydrogens is 258 g/mol. The fourth-order valence-corrected chi connectivity index (χ4v) is 2.07. The molecule has 0 unspecified atom stereocenters. The number of nitrogens with zero attached hydrogens (tertiary/aromatic N) is 3. The van der Waals surface area contributed by atoms with Gasteiger partial charge in [0.05, 0.1) is 18.4 Å². The zero-order valence-electron chi connectivity index (χ0n) is 10.9. The molecule has 0 spiro atoms. The maximum Gasteiger partial charge on any atom is 0.324 e. The second-order valence-electron chi connectivity index (χ2n) is 4.62. The average molecular weight is 273 g/mol. The van der Waals surface area contributed by atoms with E-state index < -0.39 is 11.9 Å². The third kappa shape index (κ3) is 2.88. The summed E-state index contributed by atoms with van der Waals surface area (Å²) in [7, 11) is 0. The van der Waals surface area contributed by atoms with Crippen LogP contribution in [0.15, 0.2) is 30.3 Å². The molecular formula is C14H15N3O3. The lowest BCUT2D eigenvalue weighted by Crippen LogP contribution is -2.57.